The van der Waals surface area contributed by atoms with Crippen molar-refractivity contribution < 1.29 is 14.3 Å². The maximum absolute atomic E-state index is 12.2. The van der Waals surface area contributed by atoms with Gasteiger partial charge in [0.1, 0.15) is 0 Å². The van der Waals surface area contributed by atoms with Gasteiger partial charge in [-0.25, -0.2) is 0 Å². The molecule has 0 heterocycles. The average Bonchev–Trinajstić information content (AvgIpc) is 2.40. The first-order valence-corrected chi connectivity index (χ1v) is 7.37. The summed E-state index contributed by atoms with van der Waals surface area (Å²) in [6.07, 6.45) is 0.469. The van der Waals surface area contributed by atoms with E-state index in [1.165, 1.54) is 0 Å². The zero-order valence-electron chi connectivity index (χ0n) is 12.6. The minimum atomic E-state index is -0.192. The molecule has 0 bridgehead atoms. The van der Waals surface area contributed by atoms with Gasteiger partial charge in [0.2, 0.25) is 0 Å². The van der Waals surface area contributed by atoms with Crippen LogP contribution in [-0.4, -0.2) is 30.2 Å². The smallest absolute Gasteiger partial charge is 0.251 e. The molecule has 21 heavy (non-hydrogen) atoms. The predicted octanol–water partition coefficient (Wildman–Crippen LogP) is 2.28. The van der Waals surface area contributed by atoms with E-state index in [0.717, 1.165) is 0 Å². The molecule has 1 aromatic carbocycles. The molecule has 0 saturated heterocycles. The number of carbonyl (C=O) groups is 1. The Morgan fingerprint density at radius 1 is 1.29 bits per heavy atom. The molecule has 1 amide bonds. The Morgan fingerprint density at radius 3 is 2.48 bits per heavy atom. The van der Waals surface area contributed by atoms with Gasteiger partial charge in [0.25, 0.3) is 5.91 Å². The summed E-state index contributed by atoms with van der Waals surface area (Å²) in [5.41, 5.74) is 5.98. The Morgan fingerprint density at radius 2 is 1.90 bits per heavy atom. The largest absolute Gasteiger partial charge is 0.490 e. The first-order valence-electron chi connectivity index (χ1n) is 6.96. The lowest BCUT2D eigenvalue weighted by molar-refractivity contribution is 0.0941. The highest BCUT2D eigenvalue weighted by Crippen LogP contribution is 2.28. The van der Waals surface area contributed by atoms with Gasteiger partial charge in [-0.15, -0.1) is 0 Å². The zero-order valence-corrected chi connectivity index (χ0v) is 13.5. The normalized spacial score (nSPS) is 11.6. The van der Waals surface area contributed by atoms with Crippen LogP contribution in [0.25, 0.3) is 0 Å². The SMILES string of the molecule is CCOc1ccc(C(=O)NC(C)CC(N)=S)cc1OCC. The molecule has 0 aliphatic heterocycles. The van der Waals surface area contributed by atoms with Gasteiger partial charge in [0.15, 0.2) is 11.5 Å². The van der Waals surface area contributed by atoms with E-state index in [0.29, 0.717) is 41.7 Å². The number of carbonyl (C=O) groups excluding carboxylic acids is 1. The number of hydrogen-bond donors (Lipinski definition) is 2. The monoisotopic (exact) mass is 310 g/mol. The zero-order chi connectivity index (χ0) is 15.8. The molecule has 0 aliphatic rings. The Hall–Kier alpha value is -1.82. The highest BCUT2D eigenvalue weighted by molar-refractivity contribution is 7.80. The van der Waals surface area contributed by atoms with Crippen molar-refractivity contribution in [2.45, 2.75) is 33.2 Å². The number of benzene rings is 1. The highest BCUT2D eigenvalue weighted by Gasteiger charge is 2.14. The van der Waals surface area contributed by atoms with Gasteiger partial charge in [0, 0.05) is 18.0 Å². The van der Waals surface area contributed by atoms with E-state index >= 15 is 0 Å². The molecular weight excluding hydrogens is 288 g/mol. The van der Waals surface area contributed by atoms with Crippen LogP contribution in [0.2, 0.25) is 0 Å². The van der Waals surface area contributed by atoms with Crippen LogP contribution in [0, 0.1) is 0 Å². The van der Waals surface area contributed by atoms with Crippen LogP contribution in [0.15, 0.2) is 18.2 Å². The van der Waals surface area contributed by atoms with E-state index < -0.39 is 0 Å². The fourth-order valence-electron chi connectivity index (χ4n) is 1.85. The molecule has 1 unspecified atom stereocenters. The third-order valence-corrected chi connectivity index (χ3v) is 2.86. The molecule has 116 valence electrons. The lowest BCUT2D eigenvalue weighted by Gasteiger charge is -2.15. The summed E-state index contributed by atoms with van der Waals surface area (Å²) in [4.78, 5) is 12.5. The molecule has 5 nitrogen and oxygen atoms in total. The Kier molecular flexibility index (Phi) is 6.94. The summed E-state index contributed by atoms with van der Waals surface area (Å²) in [6.45, 7) is 6.68. The topological polar surface area (TPSA) is 73.6 Å². The molecule has 0 aliphatic carbocycles. The highest BCUT2D eigenvalue weighted by atomic mass is 32.1. The van der Waals surface area contributed by atoms with Crippen LogP contribution in [0.4, 0.5) is 0 Å². The maximum atomic E-state index is 12.2. The molecule has 0 aromatic heterocycles. The quantitative estimate of drug-likeness (QED) is 0.721. The van der Waals surface area contributed by atoms with Crippen LogP contribution < -0.4 is 20.5 Å². The summed E-state index contributed by atoms with van der Waals surface area (Å²) in [5.74, 6) is 1.00. The van der Waals surface area contributed by atoms with Crippen molar-refractivity contribution in [1.82, 2.24) is 5.32 Å². The van der Waals surface area contributed by atoms with E-state index in [1.807, 2.05) is 20.8 Å². The number of rotatable bonds is 8. The van der Waals surface area contributed by atoms with E-state index in [-0.39, 0.29) is 11.9 Å². The van der Waals surface area contributed by atoms with Crippen molar-refractivity contribution >= 4 is 23.1 Å². The number of ether oxygens (including phenoxy) is 2. The van der Waals surface area contributed by atoms with Crippen molar-refractivity contribution in [3.8, 4) is 11.5 Å². The van der Waals surface area contributed by atoms with E-state index in [9.17, 15) is 4.79 Å². The minimum absolute atomic E-state index is 0.114. The Labute approximate surface area is 130 Å². The summed E-state index contributed by atoms with van der Waals surface area (Å²) in [7, 11) is 0. The van der Waals surface area contributed by atoms with Gasteiger partial charge in [0.05, 0.1) is 18.2 Å². The standard InChI is InChI=1S/C15H22N2O3S/c1-4-19-12-7-6-11(9-13(12)20-5-2)15(18)17-10(3)8-14(16)21/h6-7,9-10H,4-5,8H2,1-3H3,(H2,16,21)(H,17,18). The van der Waals surface area contributed by atoms with Crippen molar-refractivity contribution in [3.63, 3.8) is 0 Å². The number of nitrogens with one attached hydrogen (secondary N) is 1. The minimum Gasteiger partial charge on any atom is -0.490 e. The Bertz CT molecular complexity index is 506. The molecule has 0 spiro atoms. The van der Waals surface area contributed by atoms with Crippen LogP contribution in [-0.2, 0) is 0 Å². The van der Waals surface area contributed by atoms with Crippen molar-refractivity contribution in [3.05, 3.63) is 23.8 Å². The molecule has 1 aromatic rings. The van der Waals surface area contributed by atoms with Gasteiger partial charge >= 0.3 is 0 Å². The van der Waals surface area contributed by atoms with Gasteiger partial charge in [-0.2, -0.15) is 0 Å². The molecule has 3 N–H and O–H groups in total. The van der Waals surface area contributed by atoms with Crippen LogP contribution in [0.3, 0.4) is 0 Å². The molecule has 0 saturated carbocycles. The van der Waals surface area contributed by atoms with Crippen molar-refractivity contribution in [2.75, 3.05) is 13.2 Å². The van der Waals surface area contributed by atoms with Crippen LogP contribution in [0.1, 0.15) is 37.6 Å². The second-order valence-electron chi connectivity index (χ2n) is 4.57. The second-order valence-corrected chi connectivity index (χ2v) is 5.10. The second kappa shape index (κ2) is 8.46. The number of thiocarbonyl (C=S) groups is 1. The van der Waals surface area contributed by atoms with Crippen LogP contribution in [0.5, 0.6) is 11.5 Å². The van der Waals surface area contributed by atoms with E-state index in [4.69, 9.17) is 27.4 Å². The molecule has 0 radical (unpaired) electrons. The molecule has 0 fully saturated rings. The number of amides is 1. The summed E-state index contributed by atoms with van der Waals surface area (Å²) >= 11 is 4.83. The van der Waals surface area contributed by atoms with E-state index in [1.54, 1.807) is 18.2 Å². The summed E-state index contributed by atoms with van der Waals surface area (Å²) < 4.78 is 11.0. The average molecular weight is 310 g/mol. The van der Waals surface area contributed by atoms with E-state index in [2.05, 4.69) is 5.32 Å². The van der Waals surface area contributed by atoms with Crippen LogP contribution >= 0.6 is 12.2 Å². The fraction of sp³-hybridized carbons (Fsp3) is 0.467. The van der Waals surface area contributed by atoms with Gasteiger partial charge in [-0.05, 0) is 39.0 Å². The summed E-state index contributed by atoms with van der Waals surface area (Å²) in [6, 6.07) is 5.01. The lowest BCUT2D eigenvalue weighted by Crippen LogP contribution is -2.35. The molecular formula is C15H22N2O3S. The molecule has 6 heteroatoms. The van der Waals surface area contributed by atoms with Crippen molar-refractivity contribution in [1.29, 1.82) is 0 Å². The van der Waals surface area contributed by atoms with Gasteiger partial charge in [-0.1, -0.05) is 12.2 Å². The van der Waals surface area contributed by atoms with Crippen molar-refractivity contribution in [2.24, 2.45) is 5.73 Å². The maximum Gasteiger partial charge on any atom is 0.251 e. The lowest BCUT2D eigenvalue weighted by atomic mass is 10.1. The summed E-state index contributed by atoms with van der Waals surface area (Å²) in [5, 5.41) is 2.85. The third-order valence-electron chi connectivity index (χ3n) is 2.69. The molecule has 1 rings (SSSR count). The fourth-order valence-corrected chi connectivity index (χ4v) is 2.10. The third kappa shape index (κ3) is 5.59. The van der Waals surface area contributed by atoms with Gasteiger partial charge < -0.3 is 20.5 Å². The van der Waals surface area contributed by atoms with Gasteiger partial charge in [-0.3, -0.25) is 4.79 Å². The molecule has 1 atom stereocenters. The number of hydrogen-bond acceptors (Lipinski definition) is 4. The number of nitrogens with two attached hydrogens (primary N) is 1. The first kappa shape index (κ1) is 17.2. The Balaban J connectivity index is 2.84. The first-order chi connectivity index (χ1) is 9.97. The predicted molar refractivity (Wildman–Crippen MR) is 87.1 cm³/mol.